The van der Waals surface area contributed by atoms with Gasteiger partial charge in [-0.25, -0.2) is 0 Å². The molecule has 1 aromatic rings. The number of carbonyl (C=O) groups is 1. The Balaban J connectivity index is 0.00000192. The molecule has 0 bridgehead atoms. The summed E-state index contributed by atoms with van der Waals surface area (Å²) in [5, 5.41) is 3.35. The van der Waals surface area contributed by atoms with E-state index in [9.17, 15) is 4.79 Å². The third-order valence-corrected chi connectivity index (χ3v) is 4.12. The van der Waals surface area contributed by atoms with E-state index in [2.05, 4.69) is 5.32 Å². The number of para-hydroxylation sites is 1. The van der Waals surface area contributed by atoms with E-state index in [1.54, 1.807) is 7.11 Å². The lowest BCUT2D eigenvalue weighted by atomic mass is 10.0. The van der Waals surface area contributed by atoms with Gasteiger partial charge in [0.25, 0.3) is 5.91 Å². The van der Waals surface area contributed by atoms with E-state index in [4.69, 9.17) is 14.2 Å². The van der Waals surface area contributed by atoms with Crippen molar-refractivity contribution in [2.75, 3.05) is 46.6 Å². The predicted molar refractivity (Wildman–Crippen MR) is 88.1 cm³/mol. The number of nitrogens with one attached hydrogen (secondary N) is 1. The van der Waals surface area contributed by atoms with Crippen LogP contribution in [0.3, 0.4) is 0 Å². The van der Waals surface area contributed by atoms with Crippen molar-refractivity contribution in [1.29, 1.82) is 0 Å². The van der Waals surface area contributed by atoms with Crippen LogP contribution >= 0.6 is 12.4 Å². The summed E-state index contributed by atoms with van der Waals surface area (Å²) in [6.45, 7) is 3.51. The molecule has 1 aromatic carbocycles. The van der Waals surface area contributed by atoms with Gasteiger partial charge >= 0.3 is 0 Å². The van der Waals surface area contributed by atoms with Crippen molar-refractivity contribution < 1.29 is 19.0 Å². The molecule has 7 heteroatoms. The van der Waals surface area contributed by atoms with Crippen LogP contribution < -0.4 is 10.1 Å². The van der Waals surface area contributed by atoms with Gasteiger partial charge in [0, 0.05) is 25.2 Å². The van der Waals surface area contributed by atoms with Crippen molar-refractivity contribution in [2.45, 2.75) is 12.1 Å². The van der Waals surface area contributed by atoms with Crippen LogP contribution in [0.1, 0.15) is 11.6 Å². The lowest BCUT2D eigenvalue weighted by Crippen LogP contribution is -2.53. The number of rotatable bonds is 3. The van der Waals surface area contributed by atoms with Gasteiger partial charge < -0.3 is 24.4 Å². The molecule has 0 radical (unpaired) electrons. The van der Waals surface area contributed by atoms with Crippen molar-refractivity contribution in [2.24, 2.45) is 0 Å². The summed E-state index contributed by atoms with van der Waals surface area (Å²) < 4.78 is 16.4. The molecule has 0 aliphatic carbocycles. The van der Waals surface area contributed by atoms with Crippen LogP contribution in [0, 0.1) is 0 Å². The topological polar surface area (TPSA) is 60.0 Å². The van der Waals surface area contributed by atoms with Gasteiger partial charge in [0.2, 0.25) is 0 Å². The fraction of sp³-hybridized carbons (Fsp3) is 0.562. The van der Waals surface area contributed by atoms with E-state index in [0.29, 0.717) is 32.9 Å². The summed E-state index contributed by atoms with van der Waals surface area (Å²) in [5.41, 5.74) is 1.02. The highest BCUT2D eigenvalue weighted by atomic mass is 35.5. The smallest absolute Gasteiger partial charge is 0.254 e. The molecule has 128 valence electrons. The first-order valence-electron chi connectivity index (χ1n) is 7.64. The SMILES string of the molecule is COc1ccccc1C1CNCCN1C(=O)C1COCCO1.Cl. The molecule has 0 saturated carbocycles. The first-order chi connectivity index (χ1) is 10.8. The van der Waals surface area contributed by atoms with Crippen molar-refractivity contribution in [1.82, 2.24) is 10.2 Å². The molecule has 1 amide bonds. The Hall–Kier alpha value is -1.34. The molecule has 2 saturated heterocycles. The van der Waals surface area contributed by atoms with Gasteiger partial charge in [-0.1, -0.05) is 18.2 Å². The van der Waals surface area contributed by atoms with Gasteiger partial charge in [-0.05, 0) is 6.07 Å². The molecular formula is C16H23ClN2O4. The van der Waals surface area contributed by atoms with Crippen LogP contribution in [0.5, 0.6) is 5.75 Å². The van der Waals surface area contributed by atoms with Crippen LogP contribution in [0.4, 0.5) is 0 Å². The maximum absolute atomic E-state index is 12.8. The van der Waals surface area contributed by atoms with Crippen LogP contribution in [0.25, 0.3) is 0 Å². The minimum absolute atomic E-state index is 0. The van der Waals surface area contributed by atoms with Gasteiger partial charge in [0.05, 0.1) is 33.0 Å². The van der Waals surface area contributed by atoms with Gasteiger partial charge in [-0.2, -0.15) is 0 Å². The zero-order chi connectivity index (χ0) is 15.4. The molecule has 0 aromatic heterocycles. The van der Waals surface area contributed by atoms with Crippen LogP contribution in [-0.2, 0) is 14.3 Å². The zero-order valence-electron chi connectivity index (χ0n) is 13.2. The predicted octanol–water partition coefficient (Wildman–Crippen LogP) is 1.01. The van der Waals surface area contributed by atoms with Crippen LogP contribution in [0.2, 0.25) is 0 Å². The highest BCUT2D eigenvalue weighted by molar-refractivity contribution is 5.85. The van der Waals surface area contributed by atoms with E-state index in [0.717, 1.165) is 17.9 Å². The number of methoxy groups -OCH3 is 1. The molecular weight excluding hydrogens is 320 g/mol. The van der Waals surface area contributed by atoms with E-state index < -0.39 is 6.10 Å². The van der Waals surface area contributed by atoms with Crippen molar-refractivity contribution in [3.8, 4) is 5.75 Å². The molecule has 2 heterocycles. The normalized spacial score (nSPS) is 24.7. The maximum atomic E-state index is 12.8. The Morgan fingerprint density at radius 3 is 2.91 bits per heavy atom. The molecule has 6 nitrogen and oxygen atoms in total. The maximum Gasteiger partial charge on any atom is 0.254 e. The second-order valence-electron chi connectivity index (χ2n) is 5.43. The Bertz CT molecular complexity index is 523. The highest BCUT2D eigenvalue weighted by Crippen LogP contribution is 2.30. The average Bonchev–Trinajstić information content (AvgIpc) is 2.62. The van der Waals surface area contributed by atoms with Crippen molar-refractivity contribution in [3.63, 3.8) is 0 Å². The van der Waals surface area contributed by atoms with Crippen molar-refractivity contribution >= 4 is 18.3 Å². The molecule has 2 unspecified atom stereocenters. The number of nitrogens with zero attached hydrogens (tertiary/aromatic N) is 1. The highest BCUT2D eigenvalue weighted by Gasteiger charge is 2.35. The minimum Gasteiger partial charge on any atom is -0.496 e. The minimum atomic E-state index is -0.496. The Kier molecular flexibility index (Phi) is 6.65. The van der Waals surface area contributed by atoms with E-state index >= 15 is 0 Å². The second-order valence-corrected chi connectivity index (χ2v) is 5.43. The van der Waals surface area contributed by atoms with Gasteiger partial charge in [0.1, 0.15) is 5.75 Å². The fourth-order valence-corrected chi connectivity index (χ4v) is 3.00. The number of amides is 1. The number of carbonyl (C=O) groups excluding carboxylic acids is 1. The van der Waals surface area contributed by atoms with Gasteiger partial charge in [-0.15, -0.1) is 12.4 Å². The van der Waals surface area contributed by atoms with E-state index in [1.807, 2.05) is 29.2 Å². The van der Waals surface area contributed by atoms with Crippen LogP contribution in [0.15, 0.2) is 24.3 Å². The lowest BCUT2D eigenvalue weighted by Gasteiger charge is -2.39. The average molecular weight is 343 g/mol. The fourth-order valence-electron chi connectivity index (χ4n) is 3.00. The van der Waals surface area contributed by atoms with E-state index in [1.165, 1.54) is 0 Å². The zero-order valence-corrected chi connectivity index (χ0v) is 14.0. The van der Waals surface area contributed by atoms with Crippen LogP contribution in [-0.4, -0.2) is 63.5 Å². The number of piperazine rings is 1. The molecule has 2 atom stereocenters. The summed E-state index contributed by atoms with van der Waals surface area (Å²) in [5.74, 6) is 0.798. The standard InChI is InChI=1S/C16H22N2O4.ClH/c1-20-14-5-3-2-4-12(14)13-10-17-6-7-18(13)16(19)15-11-21-8-9-22-15;/h2-5,13,15,17H,6-11H2,1H3;1H. The lowest BCUT2D eigenvalue weighted by molar-refractivity contribution is -0.161. The largest absolute Gasteiger partial charge is 0.496 e. The van der Waals surface area contributed by atoms with Crippen molar-refractivity contribution in [3.05, 3.63) is 29.8 Å². The number of halogens is 1. The number of hydrogen-bond donors (Lipinski definition) is 1. The Morgan fingerprint density at radius 1 is 1.35 bits per heavy atom. The van der Waals surface area contributed by atoms with Gasteiger partial charge in [0.15, 0.2) is 6.10 Å². The Morgan fingerprint density at radius 2 is 2.17 bits per heavy atom. The number of benzene rings is 1. The van der Waals surface area contributed by atoms with Gasteiger partial charge in [-0.3, -0.25) is 4.79 Å². The third-order valence-electron chi connectivity index (χ3n) is 4.12. The first-order valence-corrected chi connectivity index (χ1v) is 7.64. The molecule has 0 spiro atoms. The first kappa shape index (κ1) is 18.0. The molecule has 2 fully saturated rings. The third kappa shape index (κ3) is 3.95. The molecule has 3 rings (SSSR count). The van der Waals surface area contributed by atoms with E-state index in [-0.39, 0.29) is 24.4 Å². The Labute approximate surface area is 142 Å². The monoisotopic (exact) mass is 342 g/mol. The second kappa shape index (κ2) is 8.49. The summed E-state index contributed by atoms with van der Waals surface area (Å²) in [6.07, 6.45) is -0.496. The number of hydrogen-bond acceptors (Lipinski definition) is 5. The molecule has 2 aliphatic rings. The quantitative estimate of drug-likeness (QED) is 0.888. The number of ether oxygens (including phenoxy) is 3. The summed E-state index contributed by atoms with van der Waals surface area (Å²) >= 11 is 0. The molecule has 2 aliphatic heterocycles. The summed E-state index contributed by atoms with van der Waals surface area (Å²) in [6, 6.07) is 7.78. The molecule has 1 N–H and O–H groups in total. The molecule has 23 heavy (non-hydrogen) atoms. The summed E-state index contributed by atoms with van der Waals surface area (Å²) in [7, 11) is 1.65. The summed E-state index contributed by atoms with van der Waals surface area (Å²) in [4.78, 5) is 14.7.